The Kier molecular flexibility index (Phi) is 4.79. The number of carbonyl (C=O) groups excluding carboxylic acids is 1. The second kappa shape index (κ2) is 5.77. The lowest BCUT2D eigenvalue weighted by atomic mass is 9.90. The zero-order chi connectivity index (χ0) is 14.8. The van der Waals surface area contributed by atoms with E-state index in [9.17, 15) is 14.7 Å². The molecule has 19 heavy (non-hydrogen) atoms. The number of hydrogen-bond acceptors (Lipinski definition) is 3. The molecular formula is C12H13Cl2NO4. The van der Waals surface area contributed by atoms with Gasteiger partial charge in [0.25, 0.3) is 5.91 Å². The van der Waals surface area contributed by atoms with Crippen molar-refractivity contribution in [3.63, 3.8) is 0 Å². The van der Waals surface area contributed by atoms with Crippen LogP contribution in [-0.2, 0) is 9.59 Å². The van der Waals surface area contributed by atoms with Crippen LogP contribution in [0.25, 0.3) is 0 Å². The highest BCUT2D eigenvalue weighted by Gasteiger charge is 2.40. The summed E-state index contributed by atoms with van der Waals surface area (Å²) in [6, 6.07) is 4.36. The van der Waals surface area contributed by atoms with Crippen LogP contribution in [0.2, 0.25) is 10.0 Å². The summed E-state index contributed by atoms with van der Waals surface area (Å²) in [6.07, 6.45) is 0. The van der Waals surface area contributed by atoms with Crippen molar-refractivity contribution in [2.24, 2.45) is 5.92 Å². The van der Waals surface area contributed by atoms with Crippen LogP contribution in [0.1, 0.15) is 13.8 Å². The average Bonchev–Trinajstić information content (AvgIpc) is 2.26. The summed E-state index contributed by atoms with van der Waals surface area (Å²) >= 11 is 11.5. The Morgan fingerprint density at radius 1 is 1.26 bits per heavy atom. The van der Waals surface area contributed by atoms with Gasteiger partial charge < -0.3 is 15.5 Å². The van der Waals surface area contributed by atoms with Crippen molar-refractivity contribution >= 4 is 40.8 Å². The maximum absolute atomic E-state index is 11.9. The Hall–Kier alpha value is -1.30. The van der Waals surface area contributed by atoms with E-state index >= 15 is 0 Å². The minimum atomic E-state index is -2.05. The Balaban J connectivity index is 2.93. The molecule has 0 aliphatic carbocycles. The van der Waals surface area contributed by atoms with Crippen LogP contribution < -0.4 is 5.32 Å². The molecule has 0 radical (unpaired) electrons. The molecule has 0 bridgehead atoms. The van der Waals surface area contributed by atoms with E-state index in [4.69, 9.17) is 28.3 Å². The van der Waals surface area contributed by atoms with Gasteiger partial charge in [-0.05, 0) is 32.0 Å². The summed E-state index contributed by atoms with van der Waals surface area (Å²) in [6.45, 7) is 2.38. The van der Waals surface area contributed by atoms with Crippen molar-refractivity contribution in [3.8, 4) is 0 Å². The van der Waals surface area contributed by atoms with E-state index in [0.717, 1.165) is 6.92 Å². The topological polar surface area (TPSA) is 86.6 Å². The number of rotatable bonds is 4. The fourth-order valence-electron chi connectivity index (χ4n) is 1.32. The smallest absolute Gasteiger partial charge is 0.309 e. The molecule has 1 aromatic rings. The highest BCUT2D eigenvalue weighted by Crippen LogP contribution is 2.25. The molecule has 0 saturated carbocycles. The normalized spacial score (nSPS) is 15.4. The lowest BCUT2D eigenvalue weighted by Gasteiger charge is -2.26. The van der Waals surface area contributed by atoms with E-state index in [-0.39, 0.29) is 5.69 Å². The SMILES string of the molecule is CC(C(=O)O)C(C)(O)C(=O)Nc1cc(Cl)cc(Cl)c1. The molecule has 2 atom stereocenters. The zero-order valence-corrected chi connectivity index (χ0v) is 11.8. The molecular weight excluding hydrogens is 293 g/mol. The largest absolute Gasteiger partial charge is 0.481 e. The number of nitrogens with one attached hydrogen (secondary N) is 1. The van der Waals surface area contributed by atoms with Gasteiger partial charge in [-0.3, -0.25) is 9.59 Å². The van der Waals surface area contributed by atoms with Crippen molar-refractivity contribution in [3.05, 3.63) is 28.2 Å². The quantitative estimate of drug-likeness (QED) is 0.797. The van der Waals surface area contributed by atoms with Gasteiger partial charge in [-0.15, -0.1) is 0 Å². The van der Waals surface area contributed by atoms with Crippen molar-refractivity contribution in [2.45, 2.75) is 19.4 Å². The molecule has 0 fully saturated rings. The lowest BCUT2D eigenvalue weighted by Crippen LogP contribution is -2.48. The Morgan fingerprint density at radius 3 is 2.16 bits per heavy atom. The maximum atomic E-state index is 11.9. The molecule has 7 heteroatoms. The van der Waals surface area contributed by atoms with Gasteiger partial charge >= 0.3 is 5.97 Å². The molecule has 0 heterocycles. The lowest BCUT2D eigenvalue weighted by molar-refractivity contribution is -0.156. The van der Waals surface area contributed by atoms with Gasteiger partial charge in [-0.2, -0.15) is 0 Å². The molecule has 104 valence electrons. The number of anilines is 1. The molecule has 5 nitrogen and oxygen atoms in total. The standard InChI is InChI=1S/C12H13Cl2NO4/c1-6(10(16)17)12(2,19)11(18)15-9-4-7(13)3-8(14)5-9/h3-6,19H,1-2H3,(H,15,18)(H,16,17). The first-order valence-electron chi connectivity index (χ1n) is 5.37. The Morgan fingerprint density at radius 2 is 1.74 bits per heavy atom. The summed E-state index contributed by atoms with van der Waals surface area (Å²) in [5.41, 5.74) is -1.78. The number of carbonyl (C=O) groups is 2. The third-order valence-corrected chi connectivity index (χ3v) is 3.23. The van der Waals surface area contributed by atoms with Crippen LogP contribution in [0.5, 0.6) is 0 Å². The van der Waals surface area contributed by atoms with Gasteiger partial charge in [0.2, 0.25) is 0 Å². The van der Waals surface area contributed by atoms with E-state index < -0.39 is 23.4 Å². The van der Waals surface area contributed by atoms with Gasteiger partial charge in [-0.25, -0.2) is 0 Å². The number of aliphatic carboxylic acids is 1. The fraction of sp³-hybridized carbons (Fsp3) is 0.333. The van der Waals surface area contributed by atoms with Gasteiger partial charge in [0.15, 0.2) is 5.60 Å². The summed E-state index contributed by atoms with van der Waals surface area (Å²) in [7, 11) is 0. The molecule has 3 N–H and O–H groups in total. The second-order valence-electron chi connectivity index (χ2n) is 4.32. The summed E-state index contributed by atoms with van der Waals surface area (Å²) in [5.74, 6) is -3.38. The van der Waals surface area contributed by atoms with Crippen LogP contribution >= 0.6 is 23.2 Å². The number of benzene rings is 1. The predicted octanol–water partition coefficient (Wildman–Crippen LogP) is 2.40. The predicted molar refractivity (Wildman–Crippen MR) is 72.5 cm³/mol. The van der Waals surface area contributed by atoms with Crippen molar-refractivity contribution in [2.75, 3.05) is 5.32 Å². The molecule has 2 unspecified atom stereocenters. The van der Waals surface area contributed by atoms with Gasteiger partial charge in [0, 0.05) is 15.7 Å². The summed E-state index contributed by atoms with van der Waals surface area (Å²) in [4.78, 5) is 22.7. The van der Waals surface area contributed by atoms with Crippen LogP contribution in [0.4, 0.5) is 5.69 Å². The van der Waals surface area contributed by atoms with E-state index in [1.54, 1.807) is 0 Å². The highest BCUT2D eigenvalue weighted by molar-refractivity contribution is 6.35. The minimum Gasteiger partial charge on any atom is -0.481 e. The van der Waals surface area contributed by atoms with Gasteiger partial charge in [0.05, 0.1) is 5.92 Å². The average molecular weight is 306 g/mol. The van der Waals surface area contributed by atoms with Crippen LogP contribution in [0.15, 0.2) is 18.2 Å². The van der Waals surface area contributed by atoms with Crippen LogP contribution in [0, 0.1) is 5.92 Å². The number of carboxylic acid groups (broad SMARTS) is 1. The molecule has 1 aromatic carbocycles. The number of halogens is 2. The molecule has 1 amide bonds. The van der Waals surface area contributed by atoms with Crippen molar-refractivity contribution < 1.29 is 19.8 Å². The third kappa shape index (κ3) is 3.83. The van der Waals surface area contributed by atoms with E-state index in [0.29, 0.717) is 10.0 Å². The molecule has 0 saturated heterocycles. The second-order valence-corrected chi connectivity index (χ2v) is 5.19. The first-order chi connectivity index (χ1) is 8.64. The maximum Gasteiger partial charge on any atom is 0.309 e. The van der Waals surface area contributed by atoms with Crippen molar-refractivity contribution in [1.29, 1.82) is 0 Å². The van der Waals surface area contributed by atoms with E-state index in [1.165, 1.54) is 25.1 Å². The molecule has 1 rings (SSSR count). The Bertz CT molecular complexity index is 496. The third-order valence-electron chi connectivity index (χ3n) is 2.79. The first-order valence-corrected chi connectivity index (χ1v) is 6.13. The fourth-order valence-corrected chi connectivity index (χ4v) is 1.85. The van der Waals surface area contributed by atoms with Crippen LogP contribution in [0.3, 0.4) is 0 Å². The van der Waals surface area contributed by atoms with E-state index in [1.807, 2.05) is 0 Å². The first kappa shape index (κ1) is 15.8. The zero-order valence-electron chi connectivity index (χ0n) is 10.3. The summed E-state index contributed by atoms with van der Waals surface area (Å²) in [5, 5.41) is 21.8. The molecule has 0 aliphatic rings. The number of amides is 1. The summed E-state index contributed by atoms with van der Waals surface area (Å²) < 4.78 is 0. The monoisotopic (exact) mass is 305 g/mol. The van der Waals surface area contributed by atoms with Gasteiger partial charge in [0.1, 0.15) is 0 Å². The number of carboxylic acids is 1. The number of hydrogen-bond donors (Lipinski definition) is 3. The molecule has 0 spiro atoms. The highest BCUT2D eigenvalue weighted by atomic mass is 35.5. The molecule has 0 aromatic heterocycles. The van der Waals surface area contributed by atoms with E-state index in [2.05, 4.69) is 5.32 Å². The van der Waals surface area contributed by atoms with Crippen LogP contribution in [-0.4, -0.2) is 27.7 Å². The van der Waals surface area contributed by atoms with Gasteiger partial charge in [-0.1, -0.05) is 23.2 Å². The molecule has 0 aliphatic heterocycles. The Labute approximate surface area is 120 Å². The number of aliphatic hydroxyl groups is 1. The minimum absolute atomic E-state index is 0.278. The van der Waals surface area contributed by atoms with Crippen molar-refractivity contribution in [1.82, 2.24) is 0 Å².